The molecule has 2 aromatic heterocycles. The van der Waals surface area contributed by atoms with Crippen molar-refractivity contribution in [1.82, 2.24) is 14.9 Å². The molecule has 1 aliphatic heterocycles. The highest BCUT2D eigenvalue weighted by molar-refractivity contribution is 5.92. The lowest BCUT2D eigenvalue weighted by molar-refractivity contribution is -0.126. The van der Waals surface area contributed by atoms with E-state index in [9.17, 15) is 9.59 Å². The van der Waals surface area contributed by atoms with Gasteiger partial charge in [-0.1, -0.05) is 42.0 Å². The molecule has 0 unspecified atom stereocenters. The molecular weight excluding hydrogens is 428 g/mol. The fourth-order valence-electron chi connectivity index (χ4n) is 4.08. The summed E-state index contributed by atoms with van der Waals surface area (Å²) in [5.41, 5.74) is 3.65. The van der Waals surface area contributed by atoms with Crippen molar-refractivity contribution in [2.75, 3.05) is 31.1 Å². The van der Waals surface area contributed by atoms with Crippen molar-refractivity contribution in [2.24, 2.45) is 0 Å². The van der Waals surface area contributed by atoms with Crippen LogP contribution in [-0.2, 0) is 4.79 Å². The Morgan fingerprint density at radius 3 is 2.59 bits per heavy atom. The van der Waals surface area contributed by atoms with Gasteiger partial charge < -0.3 is 14.2 Å². The van der Waals surface area contributed by atoms with E-state index in [2.05, 4.69) is 14.9 Å². The number of rotatable bonds is 4. The first-order valence-electron chi connectivity index (χ1n) is 11.2. The number of aromatic nitrogens is 2. The molecule has 1 saturated heterocycles. The monoisotopic (exact) mass is 452 g/mol. The summed E-state index contributed by atoms with van der Waals surface area (Å²) in [5.74, 6) is 0.719. The number of amides is 1. The summed E-state index contributed by atoms with van der Waals surface area (Å²) >= 11 is 0. The van der Waals surface area contributed by atoms with Gasteiger partial charge in [0.2, 0.25) is 5.91 Å². The molecule has 170 valence electrons. The Balaban J connectivity index is 1.25. The van der Waals surface area contributed by atoms with Gasteiger partial charge in [-0.15, -0.1) is 0 Å². The van der Waals surface area contributed by atoms with Crippen molar-refractivity contribution < 1.29 is 9.21 Å². The van der Waals surface area contributed by atoms with Crippen molar-refractivity contribution in [3.8, 4) is 11.3 Å². The average molecular weight is 453 g/mol. The normalized spacial score (nSPS) is 14.1. The van der Waals surface area contributed by atoms with E-state index in [4.69, 9.17) is 4.42 Å². The Kier molecular flexibility index (Phi) is 5.91. The number of benzene rings is 2. The molecule has 7 heteroatoms. The number of anilines is 1. The maximum absolute atomic E-state index is 12.7. The van der Waals surface area contributed by atoms with Crippen molar-refractivity contribution in [3.63, 3.8) is 0 Å². The summed E-state index contributed by atoms with van der Waals surface area (Å²) in [6.07, 6.45) is 5.97. The summed E-state index contributed by atoms with van der Waals surface area (Å²) in [7, 11) is 0. The fourth-order valence-corrected chi connectivity index (χ4v) is 4.08. The highest BCUT2D eigenvalue weighted by Crippen LogP contribution is 2.21. The second-order valence-corrected chi connectivity index (χ2v) is 8.29. The minimum Gasteiger partial charge on any atom is -0.463 e. The smallest absolute Gasteiger partial charge is 0.246 e. The van der Waals surface area contributed by atoms with Gasteiger partial charge in [0.15, 0.2) is 5.43 Å². The van der Waals surface area contributed by atoms with Gasteiger partial charge in [0.1, 0.15) is 24.0 Å². The highest BCUT2D eigenvalue weighted by atomic mass is 16.3. The van der Waals surface area contributed by atoms with Gasteiger partial charge in [0, 0.05) is 43.9 Å². The van der Waals surface area contributed by atoms with E-state index in [1.54, 1.807) is 29.4 Å². The Morgan fingerprint density at radius 2 is 1.79 bits per heavy atom. The van der Waals surface area contributed by atoms with Crippen LogP contribution in [0.25, 0.3) is 28.3 Å². The van der Waals surface area contributed by atoms with Crippen molar-refractivity contribution in [1.29, 1.82) is 0 Å². The summed E-state index contributed by atoms with van der Waals surface area (Å²) in [6, 6.07) is 17.4. The molecule has 7 nitrogen and oxygen atoms in total. The quantitative estimate of drug-likeness (QED) is 0.437. The second kappa shape index (κ2) is 9.31. The molecule has 1 fully saturated rings. The standard InChI is InChI=1S/C27H24N4O3/c1-19-7-9-24-22(15-19)27(33)21(17-34-24)8-10-26(32)31-13-11-30(12-14-31)25-16-23(28-18-29-25)20-5-3-2-4-6-20/h2-10,15-18H,11-14H2,1H3/b10-8+. The first-order chi connectivity index (χ1) is 16.6. The summed E-state index contributed by atoms with van der Waals surface area (Å²) in [6.45, 7) is 4.40. The molecule has 34 heavy (non-hydrogen) atoms. The summed E-state index contributed by atoms with van der Waals surface area (Å²) in [5, 5.41) is 0.517. The molecule has 0 aliphatic carbocycles. The van der Waals surface area contributed by atoms with Gasteiger partial charge in [0.25, 0.3) is 0 Å². The first kappa shape index (κ1) is 21.6. The molecule has 3 heterocycles. The second-order valence-electron chi connectivity index (χ2n) is 8.29. The van der Waals surface area contributed by atoms with Gasteiger partial charge in [-0.2, -0.15) is 0 Å². The zero-order chi connectivity index (χ0) is 23.5. The zero-order valence-corrected chi connectivity index (χ0v) is 18.8. The molecule has 0 spiro atoms. The lowest BCUT2D eigenvalue weighted by atomic mass is 10.1. The molecule has 1 amide bonds. The van der Waals surface area contributed by atoms with E-state index in [-0.39, 0.29) is 11.3 Å². The number of carbonyl (C=O) groups excluding carboxylic acids is 1. The van der Waals surface area contributed by atoms with Crippen LogP contribution in [0, 0.1) is 6.92 Å². The molecule has 0 atom stereocenters. The van der Waals surface area contributed by atoms with Crippen LogP contribution in [-0.4, -0.2) is 47.0 Å². The molecule has 0 bridgehead atoms. The molecule has 2 aromatic carbocycles. The number of carbonyl (C=O) groups is 1. The molecule has 4 aromatic rings. The number of hydrogen-bond acceptors (Lipinski definition) is 6. The van der Waals surface area contributed by atoms with E-state index in [1.165, 1.54) is 12.3 Å². The van der Waals surface area contributed by atoms with Gasteiger partial charge in [-0.25, -0.2) is 9.97 Å². The van der Waals surface area contributed by atoms with E-state index in [0.29, 0.717) is 42.7 Å². The van der Waals surface area contributed by atoms with E-state index < -0.39 is 0 Å². The highest BCUT2D eigenvalue weighted by Gasteiger charge is 2.21. The van der Waals surface area contributed by atoms with Crippen LogP contribution < -0.4 is 10.3 Å². The minimum absolute atomic E-state index is 0.129. The first-order valence-corrected chi connectivity index (χ1v) is 11.2. The van der Waals surface area contributed by atoms with Crippen LogP contribution in [0.2, 0.25) is 0 Å². The SMILES string of the molecule is Cc1ccc2occ(/C=C/C(=O)N3CCN(c4cc(-c5ccccc5)ncn4)CC3)c(=O)c2c1. The predicted octanol–water partition coefficient (Wildman–Crippen LogP) is 3.92. The number of aryl methyl sites for hydroxylation is 1. The number of hydrogen-bond donors (Lipinski definition) is 0. The van der Waals surface area contributed by atoms with Crippen LogP contribution in [0.1, 0.15) is 11.1 Å². The summed E-state index contributed by atoms with van der Waals surface area (Å²) < 4.78 is 5.57. The van der Waals surface area contributed by atoms with E-state index >= 15 is 0 Å². The number of nitrogens with zero attached hydrogens (tertiary/aromatic N) is 4. The Morgan fingerprint density at radius 1 is 1.00 bits per heavy atom. The van der Waals surface area contributed by atoms with Crippen molar-refractivity contribution in [2.45, 2.75) is 6.92 Å². The lowest BCUT2D eigenvalue weighted by Crippen LogP contribution is -2.48. The van der Waals surface area contributed by atoms with Crippen molar-refractivity contribution in [3.05, 3.63) is 94.6 Å². The molecule has 1 aliphatic rings. The van der Waals surface area contributed by atoms with Crippen LogP contribution in [0.5, 0.6) is 0 Å². The third kappa shape index (κ3) is 4.45. The molecule has 0 N–H and O–H groups in total. The third-order valence-electron chi connectivity index (χ3n) is 6.00. The molecule has 5 rings (SSSR count). The Hall–Kier alpha value is -4.26. The van der Waals surface area contributed by atoms with E-state index in [1.807, 2.05) is 49.4 Å². The zero-order valence-electron chi connectivity index (χ0n) is 18.8. The van der Waals surface area contributed by atoms with Gasteiger partial charge >= 0.3 is 0 Å². The molecule has 0 saturated carbocycles. The van der Waals surface area contributed by atoms with Crippen LogP contribution >= 0.6 is 0 Å². The maximum atomic E-state index is 12.7. The average Bonchev–Trinajstić information content (AvgIpc) is 2.89. The largest absolute Gasteiger partial charge is 0.463 e. The predicted molar refractivity (Wildman–Crippen MR) is 133 cm³/mol. The fraction of sp³-hybridized carbons (Fsp3) is 0.185. The van der Waals surface area contributed by atoms with E-state index in [0.717, 1.165) is 22.6 Å². The molecular formula is C27H24N4O3. The van der Waals surface area contributed by atoms with Gasteiger partial charge in [-0.05, 0) is 25.1 Å². The van der Waals surface area contributed by atoms with Gasteiger partial charge in [0.05, 0.1) is 16.6 Å². The Bertz CT molecular complexity index is 1420. The Labute approximate surface area is 197 Å². The topological polar surface area (TPSA) is 79.5 Å². The number of fused-ring (bicyclic) bond motifs is 1. The van der Waals surface area contributed by atoms with Crippen LogP contribution in [0.15, 0.2) is 82.5 Å². The molecule has 0 radical (unpaired) electrons. The lowest BCUT2D eigenvalue weighted by Gasteiger charge is -2.35. The number of piperazine rings is 1. The minimum atomic E-state index is -0.142. The van der Waals surface area contributed by atoms with Gasteiger partial charge in [-0.3, -0.25) is 9.59 Å². The summed E-state index contributed by atoms with van der Waals surface area (Å²) in [4.78, 5) is 38.2. The van der Waals surface area contributed by atoms with Crippen LogP contribution in [0.3, 0.4) is 0 Å². The third-order valence-corrected chi connectivity index (χ3v) is 6.00. The van der Waals surface area contributed by atoms with Crippen LogP contribution in [0.4, 0.5) is 5.82 Å². The maximum Gasteiger partial charge on any atom is 0.246 e. The van der Waals surface area contributed by atoms with Crippen molar-refractivity contribution >= 4 is 28.8 Å².